The van der Waals surface area contributed by atoms with E-state index in [-0.39, 0.29) is 26.4 Å². The highest BCUT2D eigenvalue weighted by Crippen LogP contribution is 2.54. The van der Waals surface area contributed by atoms with Gasteiger partial charge >= 0.3 is 23.9 Å². The lowest BCUT2D eigenvalue weighted by molar-refractivity contribution is -0.158. The van der Waals surface area contributed by atoms with E-state index in [9.17, 15) is 28.8 Å². The average molecular weight is 426 g/mol. The Bertz CT molecular complexity index is 624. The first-order valence-corrected chi connectivity index (χ1v) is 10.0. The minimum absolute atomic E-state index is 0.0522. The third kappa shape index (κ3) is 3.95. The van der Waals surface area contributed by atoms with Gasteiger partial charge in [-0.15, -0.1) is 0 Å². The Balaban J connectivity index is 2.63. The fourth-order valence-electron chi connectivity index (χ4n) is 4.44. The second-order valence-electron chi connectivity index (χ2n) is 6.88. The quantitative estimate of drug-likeness (QED) is 0.298. The first kappa shape index (κ1) is 23.5. The molecule has 2 fully saturated rings. The zero-order valence-electron chi connectivity index (χ0n) is 17.4. The summed E-state index contributed by atoms with van der Waals surface area (Å²) in [6.45, 7) is 5.91. The highest BCUT2D eigenvalue weighted by Gasteiger charge is 2.71. The minimum Gasteiger partial charge on any atom is -0.465 e. The Morgan fingerprint density at radius 1 is 0.533 bits per heavy atom. The van der Waals surface area contributed by atoms with Gasteiger partial charge in [0.15, 0.2) is 11.6 Å². The highest BCUT2D eigenvalue weighted by molar-refractivity contribution is 6.18. The molecule has 0 heterocycles. The molecule has 10 heteroatoms. The van der Waals surface area contributed by atoms with Gasteiger partial charge in [-0.05, 0) is 27.7 Å². The monoisotopic (exact) mass is 426 g/mol. The van der Waals surface area contributed by atoms with Crippen molar-refractivity contribution in [1.82, 2.24) is 0 Å². The molecule has 30 heavy (non-hydrogen) atoms. The van der Waals surface area contributed by atoms with Crippen molar-refractivity contribution in [3.8, 4) is 0 Å². The van der Waals surface area contributed by atoms with Crippen molar-refractivity contribution in [1.29, 1.82) is 0 Å². The molecule has 0 aromatic rings. The normalized spacial score (nSPS) is 29.9. The maximum atomic E-state index is 13.1. The van der Waals surface area contributed by atoms with Gasteiger partial charge in [0.2, 0.25) is 0 Å². The number of carbonyl (C=O) groups is 6. The second kappa shape index (κ2) is 9.82. The topological polar surface area (TPSA) is 139 Å². The van der Waals surface area contributed by atoms with Gasteiger partial charge in [0.05, 0.1) is 26.4 Å². The van der Waals surface area contributed by atoms with E-state index in [4.69, 9.17) is 18.9 Å². The van der Waals surface area contributed by atoms with Crippen LogP contribution >= 0.6 is 0 Å². The summed E-state index contributed by atoms with van der Waals surface area (Å²) in [5.74, 6) is -14.3. The number of hydrogen-bond acceptors (Lipinski definition) is 10. The molecule has 0 amide bonds. The number of Topliss-reactive ketones (excluding diaryl/α,β-unsaturated/α-hetero) is 2. The number of esters is 4. The summed E-state index contributed by atoms with van der Waals surface area (Å²) in [6, 6.07) is 0. The lowest BCUT2D eigenvalue weighted by atomic mass is 9.82. The minimum atomic E-state index is -1.57. The Labute approximate surface area is 173 Å². The van der Waals surface area contributed by atoms with Gasteiger partial charge in [-0.1, -0.05) is 0 Å². The summed E-state index contributed by atoms with van der Waals surface area (Å²) in [5, 5.41) is 0. The van der Waals surface area contributed by atoms with E-state index in [1.54, 1.807) is 0 Å². The van der Waals surface area contributed by atoms with E-state index in [1.165, 1.54) is 27.7 Å². The van der Waals surface area contributed by atoms with Crippen molar-refractivity contribution >= 4 is 35.4 Å². The molecule has 2 aliphatic rings. The molecule has 2 unspecified atom stereocenters. The standard InChI is InChI=1S/C20H26O10/c1-5-27-17(23)11-9-10(13(15(11)21)19(25)29-7-3)14(20(26)30-8-4)16(22)12(9)18(24)28-6-2/h9-14H,5-8H2,1-4H3/t9?,10?,11-,12-,13-,14+/m0/s1. The third-order valence-electron chi connectivity index (χ3n) is 5.37. The first-order chi connectivity index (χ1) is 14.3. The van der Waals surface area contributed by atoms with Crippen LogP contribution in [0.25, 0.3) is 0 Å². The maximum Gasteiger partial charge on any atom is 0.316 e. The van der Waals surface area contributed by atoms with Crippen molar-refractivity contribution in [3.63, 3.8) is 0 Å². The van der Waals surface area contributed by atoms with E-state index in [0.717, 1.165) is 0 Å². The summed E-state index contributed by atoms with van der Waals surface area (Å²) in [5.41, 5.74) is 0. The molecule has 10 nitrogen and oxygen atoms in total. The number of fused-ring (bicyclic) bond motifs is 1. The van der Waals surface area contributed by atoms with Crippen LogP contribution in [0.1, 0.15) is 27.7 Å². The van der Waals surface area contributed by atoms with Gasteiger partial charge in [-0.3, -0.25) is 28.8 Å². The predicted octanol–water partition coefficient (Wildman–Crippen LogP) is 0.101. The Morgan fingerprint density at radius 2 is 0.733 bits per heavy atom. The number of carbonyl (C=O) groups excluding carboxylic acids is 6. The molecule has 0 spiro atoms. The molecule has 0 radical (unpaired) electrons. The van der Waals surface area contributed by atoms with Crippen molar-refractivity contribution < 1.29 is 47.7 Å². The number of rotatable bonds is 8. The second-order valence-corrected chi connectivity index (χ2v) is 6.88. The zero-order chi connectivity index (χ0) is 22.6. The van der Waals surface area contributed by atoms with E-state index >= 15 is 0 Å². The van der Waals surface area contributed by atoms with Gasteiger partial charge < -0.3 is 18.9 Å². The summed E-state index contributed by atoms with van der Waals surface area (Å²) in [7, 11) is 0. The van der Waals surface area contributed by atoms with Gasteiger partial charge in [0, 0.05) is 11.8 Å². The van der Waals surface area contributed by atoms with E-state index in [1.807, 2.05) is 0 Å². The Kier molecular flexibility index (Phi) is 7.69. The number of hydrogen-bond donors (Lipinski definition) is 0. The van der Waals surface area contributed by atoms with E-state index < -0.39 is 71.0 Å². The van der Waals surface area contributed by atoms with E-state index in [2.05, 4.69) is 0 Å². The smallest absolute Gasteiger partial charge is 0.316 e. The molecule has 166 valence electrons. The van der Waals surface area contributed by atoms with Crippen LogP contribution in [0.15, 0.2) is 0 Å². The molecule has 0 aromatic heterocycles. The Morgan fingerprint density at radius 3 is 0.900 bits per heavy atom. The molecule has 2 saturated carbocycles. The molecule has 0 saturated heterocycles. The predicted molar refractivity (Wildman–Crippen MR) is 97.5 cm³/mol. The lowest BCUT2D eigenvalue weighted by Gasteiger charge is -2.21. The fraction of sp³-hybridized carbons (Fsp3) is 0.700. The van der Waals surface area contributed by atoms with Gasteiger partial charge in [-0.25, -0.2) is 0 Å². The summed E-state index contributed by atoms with van der Waals surface area (Å²) < 4.78 is 19.9. The van der Waals surface area contributed by atoms with Gasteiger partial charge in [0.25, 0.3) is 0 Å². The molecule has 0 N–H and O–H groups in total. The lowest BCUT2D eigenvalue weighted by Crippen LogP contribution is -2.39. The number of ketones is 2. The fourth-order valence-corrected chi connectivity index (χ4v) is 4.44. The molecule has 6 atom stereocenters. The molecule has 0 bridgehead atoms. The highest BCUT2D eigenvalue weighted by atomic mass is 16.5. The van der Waals surface area contributed by atoms with Crippen LogP contribution in [-0.2, 0) is 47.7 Å². The van der Waals surface area contributed by atoms with Crippen LogP contribution in [0.5, 0.6) is 0 Å². The van der Waals surface area contributed by atoms with Crippen molar-refractivity contribution in [2.45, 2.75) is 27.7 Å². The average Bonchev–Trinajstić information content (AvgIpc) is 3.11. The molecule has 2 aliphatic carbocycles. The summed E-state index contributed by atoms with van der Waals surface area (Å²) >= 11 is 0. The van der Waals surface area contributed by atoms with Crippen molar-refractivity contribution in [3.05, 3.63) is 0 Å². The van der Waals surface area contributed by atoms with Crippen LogP contribution in [0, 0.1) is 35.5 Å². The van der Waals surface area contributed by atoms with E-state index in [0.29, 0.717) is 0 Å². The maximum absolute atomic E-state index is 13.1. The largest absolute Gasteiger partial charge is 0.465 e. The van der Waals surface area contributed by atoms with Crippen LogP contribution in [0.4, 0.5) is 0 Å². The van der Waals surface area contributed by atoms with Crippen LogP contribution in [-0.4, -0.2) is 61.9 Å². The summed E-state index contributed by atoms with van der Waals surface area (Å²) in [4.78, 5) is 76.5. The molecule has 2 rings (SSSR count). The summed E-state index contributed by atoms with van der Waals surface area (Å²) in [6.07, 6.45) is 0. The van der Waals surface area contributed by atoms with Gasteiger partial charge in [0.1, 0.15) is 23.7 Å². The van der Waals surface area contributed by atoms with Crippen LogP contribution in [0.2, 0.25) is 0 Å². The first-order valence-electron chi connectivity index (χ1n) is 10.0. The van der Waals surface area contributed by atoms with Crippen LogP contribution in [0.3, 0.4) is 0 Å². The van der Waals surface area contributed by atoms with Gasteiger partial charge in [-0.2, -0.15) is 0 Å². The van der Waals surface area contributed by atoms with Crippen molar-refractivity contribution in [2.75, 3.05) is 26.4 Å². The molecule has 0 aromatic carbocycles. The SMILES string of the molecule is CCOC(=O)[C@@H]1C(=O)[C@@H](C(=O)OCC)C2C1[C@H](C(=O)OCC)C(=O)[C@@H]2C(=O)OCC. The van der Waals surface area contributed by atoms with Crippen molar-refractivity contribution in [2.24, 2.45) is 35.5 Å². The molecular weight excluding hydrogens is 400 g/mol. The Hall–Kier alpha value is -2.78. The van der Waals surface area contributed by atoms with Crippen LogP contribution < -0.4 is 0 Å². The number of ether oxygens (including phenoxy) is 4. The zero-order valence-corrected chi connectivity index (χ0v) is 17.4. The third-order valence-corrected chi connectivity index (χ3v) is 5.37. The molecular formula is C20H26O10. The molecule has 0 aliphatic heterocycles.